The Morgan fingerprint density at radius 3 is 2.67 bits per heavy atom. The molecule has 0 amide bonds. The van der Waals surface area contributed by atoms with Crippen LogP contribution in [0.1, 0.15) is 32.6 Å². The molecule has 0 unspecified atom stereocenters. The Bertz CT molecular complexity index is 640. The summed E-state index contributed by atoms with van der Waals surface area (Å²) in [6, 6.07) is 1.45. The highest BCUT2D eigenvalue weighted by Gasteiger charge is 2.53. The van der Waals surface area contributed by atoms with Crippen LogP contribution >= 0.6 is 11.6 Å². The molecule has 21 heavy (non-hydrogen) atoms. The first kappa shape index (κ1) is 15.1. The van der Waals surface area contributed by atoms with Crippen LogP contribution in [-0.2, 0) is 10.0 Å². The average molecular weight is 330 g/mol. The number of nitrogens with one attached hydrogen (secondary N) is 2. The van der Waals surface area contributed by atoms with Gasteiger partial charge in [0.1, 0.15) is 10.7 Å². The van der Waals surface area contributed by atoms with Crippen molar-refractivity contribution in [2.24, 2.45) is 11.3 Å². The Hall–Kier alpha value is -0.850. The quantitative estimate of drug-likeness (QED) is 0.806. The third-order valence-corrected chi connectivity index (χ3v) is 6.08. The summed E-state index contributed by atoms with van der Waals surface area (Å²) in [5.74, 6) is 1.23. The summed E-state index contributed by atoms with van der Waals surface area (Å²) < 4.78 is 27.4. The van der Waals surface area contributed by atoms with E-state index < -0.39 is 10.0 Å². The second-order valence-electron chi connectivity index (χ2n) is 5.99. The molecule has 1 aromatic rings. The first-order chi connectivity index (χ1) is 9.97. The highest BCUT2D eigenvalue weighted by atomic mass is 35.5. The van der Waals surface area contributed by atoms with Gasteiger partial charge in [-0.1, -0.05) is 11.6 Å². The van der Waals surface area contributed by atoms with Crippen LogP contribution < -0.4 is 10.0 Å². The Morgan fingerprint density at radius 2 is 2.14 bits per heavy atom. The van der Waals surface area contributed by atoms with Crippen LogP contribution in [0.4, 0.5) is 5.82 Å². The molecule has 2 aliphatic carbocycles. The summed E-state index contributed by atoms with van der Waals surface area (Å²) >= 11 is 6.06. The normalized spacial score (nSPS) is 20.3. The average Bonchev–Trinajstić information content (AvgIpc) is 3.31. The van der Waals surface area contributed by atoms with E-state index in [1.165, 1.54) is 25.1 Å². The lowest BCUT2D eigenvalue weighted by Crippen LogP contribution is -2.31. The van der Waals surface area contributed by atoms with E-state index in [-0.39, 0.29) is 10.3 Å². The van der Waals surface area contributed by atoms with Crippen molar-refractivity contribution in [2.45, 2.75) is 37.5 Å². The Morgan fingerprint density at radius 1 is 1.43 bits per heavy atom. The number of sulfonamides is 1. The number of rotatable bonds is 7. The van der Waals surface area contributed by atoms with Crippen LogP contribution in [0.2, 0.25) is 5.02 Å². The van der Waals surface area contributed by atoms with E-state index in [4.69, 9.17) is 11.6 Å². The highest BCUT2D eigenvalue weighted by Crippen LogP contribution is 2.60. The van der Waals surface area contributed by atoms with Crippen LogP contribution in [0.5, 0.6) is 0 Å². The molecule has 1 heterocycles. The summed E-state index contributed by atoms with van der Waals surface area (Å²) in [5.41, 5.74) is 0.230. The maximum absolute atomic E-state index is 12.3. The fourth-order valence-electron chi connectivity index (χ4n) is 2.77. The number of anilines is 1. The van der Waals surface area contributed by atoms with Crippen molar-refractivity contribution in [3.05, 3.63) is 17.3 Å². The molecule has 3 rings (SSSR count). The molecule has 7 heteroatoms. The van der Waals surface area contributed by atoms with Crippen molar-refractivity contribution < 1.29 is 8.42 Å². The van der Waals surface area contributed by atoms with Gasteiger partial charge in [-0.15, -0.1) is 0 Å². The van der Waals surface area contributed by atoms with E-state index in [1.807, 2.05) is 6.92 Å². The van der Waals surface area contributed by atoms with E-state index >= 15 is 0 Å². The van der Waals surface area contributed by atoms with E-state index in [9.17, 15) is 8.42 Å². The molecule has 0 radical (unpaired) electrons. The third-order valence-electron chi connectivity index (χ3n) is 4.42. The van der Waals surface area contributed by atoms with E-state index in [1.54, 1.807) is 0 Å². The first-order valence-electron chi connectivity index (χ1n) is 7.36. The van der Waals surface area contributed by atoms with Crippen molar-refractivity contribution in [3.63, 3.8) is 0 Å². The maximum Gasteiger partial charge on any atom is 0.242 e. The summed E-state index contributed by atoms with van der Waals surface area (Å²) in [4.78, 5) is 4.21. The molecule has 2 saturated carbocycles. The van der Waals surface area contributed by atoms with Gasteiger partial charge in [-0.2, -0.15) is 0 Å². The molecule has 0 atom stereocenters. The molecule has 0 aromatic carbocycles. The molecule has 0 spiro atoms. The Labute approximate surface area is 130 Å². The van der Waals surface area contributed by atoms with E-state index in [0.717, 1.165) is 18.8 Å². The fourth-order valence-corrected chi connectivity index (χ4v) is 4.18. The van der Waals surface area contributed by atoms with Gasteiger partial charge in [0.15, 0.2) is 0 Å². The molecule has 2 aliphatic rings. The van der Waals surface area contributed by atoms with Crippen LogP contribution in [0, 0.1) is 11.3 Å². The lowest BCUT2D eigenvalue weighted by atomic mass is 10.0. The summed E-state index contributed by atoms with van der Waals surface area (Å²) in [6.45, 7) is 3.14. The number of nitrogens with zero attached hydrogens (tertiary/aromatic N) is 1. The smallest absolute Gasteiger partial charge is 0.242 e. The Balaban J connectivity index is 1.70. The standard InChI is InChI=1S/C14H20ClN3O2S/c1-2-16-13-12(15)7-11(8-17-13)21(19,20)18-9-14(5-6-14)10-3-4-10/h7-8,10,18H,2-6,9H2,1H3,(H,16,17). The molecule has 0 bridgehead atoms. The second-order valence-corrected chi connectivity index (χ2v) is 8.17. The van der Waals surface area contributed by atoms with Crippen molar-refractivity contribution >= 4 is 27.4 Å². The minimum absolute atomic E-state index is 0.126. The van der Waals surface area contributed by atoms with E-state index in [2.05, 4.69) is 15.0 Å². The van der Waals surface area contributed by atoms with Crippen LogP contribution in [0.25, 0.3) is 0 Å². The lowest BCUT2D eigenvalue weighted by molar-refractivity contribution is 0.432. The molecule has 2 fully saturated rings. The second kappa shape index (κ2) is 5.41. The minimum atomic E-state index is -3.54. The third kappa shape index (κ3) is 3.17. The molecule has 0 saturated heterocycles. The zero-order chi connectivity index (χ0) is 15.1. The van der Waals surface area contributed by atoms with Gasteiger partial charge < -0.3 is 5.32 Å². The number of halogens is 1. The maximum atomic E-state index is 12.3. The number of aromatic nitrogens is 1. The van der Waals surface area contributed by atoms with Crippen molar-refractivity contribution in [2.75, 3.05) is 18.4 Å². The van der Waals surface area contributed by atoms with E-state index in [0.29, 0.717) is 23.9 Å². The van der Waals surface area contributed by atoms with Crippen LogP contribution in [0.15, 0.2) is 17.2 Å². The SMILES string of the molecule is CCNc1ncc(S(=O)(=O)NCC2(C3CC3)CC2)cc1Cl. The zero-order valence-electron chi connectivity index (χ0n) is 12.0. The van der Waals surface area contributed by atoms with Gasteiger partial charge in [0.25, 0.3) is 0 Å². The largest absolute Gasteiger partial charge is 0.369 e. The molecular formula is C14H20ClN3O2S. The predicted octanol–water partition coefficient (Wildman–Crippen LogP) is 2.64. The highest BCUT2D eigenvalue weighted by molar-refractivity contribution is 7.89. The first-order valence-corrected chi connectivity index (χ1v) is 9.22. The molecule has 0 aliphatic heterocycles. The van der Waals surface area contributed by atoms with Crippen LogP contribution in [0.3, 0.4) is 0 Å². The predicted molar refractivity (Wildman–Crippen MR) is 83.0 cm³/mol. The van der Waals surface area contributed by atoms with Crippen molar-refractivity contribution in [3.8, 4) is 0 Å². The summed E-state index contributed by atoms with van der Waals surface area (Å²) in [7, 11) is -3.54. The lowest BCUT2D eigenvalue weighted by Gasteiger charge is -2.15. The molecule has 116 valence electrons. The molecule has 1 aromatic heterocycles. The fraction of sp³-hybridized carbons (Fsp3) is 0.643. The van der Waals surface area contributed by atoms with Crippen molar-refractivity contribution in [1.29, 1.82) is 0 Å². The molecule has 2 N–H and O–H groups in total. The monoisotopic (exact) mass is 329 g/mol. The minimum Gasteiger partial charge on any atom is -0.369 e. The zero-order valence-corrected chi connectivity index (χ0v) is 13.6. The van der Waals surface area contributed by atoms with Crippen LogP contribution in [-0.4, -0.2) is 26.5 Å². The summed E-state index contributed by atoms with van der Waals surface area (Å²) in [6.07, 6.45) is 6.11. The van der Waals surface area contributed by atoms with Gasteiger partial charge in [-0.25, -0.2) is 18.1 Å². The number of pyridine rings is 1. The van der Waals surface area contributed by atoms with Crippen molar-refractivity contribution in [1.82, 2.24) is 9.71 Å². The Kier molecular flexibility index (Phi) is 3.88. The topological polar surface area (TPSA) is 71.1 Å². The molecule has 5 nitrogen and oxygen atoms in total. The summed E-state index contributed by atoms with van der Waals surface area (Å²) in [5, 5.41) is 3.31. The van der Waals surface area contributed by atoms with Gasteiger partial charge >= 0.3 is 0 Å². The molecular weight excluding hydrogens is 310 g/mol. The van der Waals surface area contributed by atoms with Gasteiger partial charge in [0.05, 0.1) is 5.02 Å². The van der Waals surface area contributed by atoms with Gasteiger partial charge in [0.2, 0.25) is 10.0 Å². The van der Waals surface area contributed by atoms with Gasteiger partial charge in [-0.3, -0.25) is 0 Å². The number of hydrogen-bond acceptors (Lipinski definition) is 4. The number of hydrogen-bond donors (Lipinski definition) is 2. The van der Waals surface area contributed by atoms with Gasteiger partial charge in [0, 0.05) is 19.3 Å². The van der Waals surface area contributed by atoms with Gasteiger partial charge in [-0.05, 0) is 50.0 Å².